The third-order valence-corrected chi connectivity index (χ3v) is 4.42. The maximum Gasteiger partial charge on any atom is 0.312 e. The zero-order valence-electron chi connectivity index (χ0n) is 9.21. The first-order valence-corrected chi connectivity index (χ1v) is 6.17. The molecule has 0 atom stereocenters. The highest BCUT2D eigenvalue weighted by Gasteiger charge is 2.45. The molecule has 1 aromatic rings. The topological polar surface area (TPSA) is 26.3 Å². The fraction of sp³-hybridized carbons (Fsp3) is 0.583. The lowest BCUT2D eigenvalue weighted by atomic mass is 9.66. The molecule has 0 unspecified atom stereocenters. The smallest absolute Gasteiger partial charge is 0.312 e. The van der Waals surface area contributed by atoms with Crippen molar-refractivity contribution in [3.8, 4) is 0 Å². The fourth-order valence-electron chi connectivity index (χ4n) is 2.17. The molecule has 1 aliphatic carbocycles. The summed E-state index contributed by atoms with van der Waals surface area (Å²) < 4.78 is 4.91. The van der Waals surface area contributed by atoms with Crippen LogP contribution in [0.4, 0.5) is 0 Å². The molecule has 2 rings (SSSR count). The average molecular weight is 224 g/mol. The van der Waals surface area contributed by atoms with E-state index in [9.17, 15) is 4.79 Å². The van der Waals surface area contributed by atoms with Crippen molar-refractivity contribution in [2.45, 2.75) is 32.6 Å². The van der Waals surface area contributed by atoms with Gasteiger partial charge in [-0.3, -0.25) is 4.79 Å². The standard InChI is InChI=1S/C12H16O2S/c1-9-4-7-15-10(9)8-12(5-3-6-12)11(13)14-2/h4,7H,3,5-6,8H2,1-2H3. The lowest BCUT2D eigenvalue weighted by Crippen LogP contribution is -2.40. The van der Waals surface area contributed by atoms with Crippen LogP contribution in [0.15, 0.2) is 11.4 Å². The van der Waals surface area contributed by atoms with Gasteiger partial charge in [-0.25, -0.2) is 0 Å². The van der Waals surface area contributed by atoms with Gasteiger partial charge in [0.05, 0.1) is 12.5 Å². The summed E-state index contributed by atoms with van der Waals surface area (Å²) in [6, 6.07) is 2.11. The van der Waals surface area contributed by atoms with E-state index in [0.717, 1.165) is 25.7 Å². The predicted molar refractivity (Wildman–Crippen MR) is 61.1 cm³/mol. The van der Waals surface area contributed by atoms with Crippen molar-refractivity contribution in [2.75, 3.05) is 7.11 Å². The van der Waals surface area contributed by atoms with Crippen LogP contribution in [0, 0.1) is 12.3 Å². The number of ether oxygens (including phenoxy) is 1. The molecule has 0 radical (unpaired) electrons. The van der Waals surface area contributed by atoms with Crippen molar-refractivity contribution < 1.29 is 9.53 Å². The lowest BCUT2D eigenvalue weighted by Gasteiger charge is -2.38. The minimum absolute atomic E-state index is 0.0263. The third kappa shape index (κ3) is 1.81. The number of carbonyl (C=O) groups is 1. The molecule has 1 aromatic heterocycles. The molecule has 82 valence electrons. The van der Waals surface area contributed by atoms with E-state index in [1.807, 2.05) is 0 Å². The molecular formula is C12H16O2S. The van der Waals surface area contributed by atoms with Gasteiger partial charge < -0.3 is 4.74 Å². The van der Waals surface area contributed by atoms with Crippen LogP contribution in [0.25, 0.3) is 0 Å². The molecule has 1 heterocycles. The summed E-state index contributed by atoms with van der Waals surface area (Å²) >= 11 is 1.75. The van der Waals surface area contributed by atoms with E-state index in [2.05, 4.69) is 18.4 Å². The van der Waals surface area contributed by atoms with Gasteiger partial charge in [-0.1, -0.05) is 6.42 Å². The monoisotopic (exact) mass is 224 g/mol. The van der Waals surface area contributed by atoms with Crippen LogP contribution >= 0.6 is 11.3 Å². The summed E-state index contributed by atoms with van der Waals surface area (Å²) in [5, 5.41) is 2.09. The van der Waals surface area contributed by atoms with E-state index < -0.39 is 0 Å². The molecule has 0 N–H and O–H groups in total. The molecule has 0 saturated heterocycles. The van der Waals surface area contributed by atoms with Crippen molar-refractivity contribution in [3.05, 3.63) is 21.9 Å². The van der Waals surface area contributed by atoms with Crippen molar-refractivity contribution in [1.82, 2.24) is 0 Å². The summed E-state index contributed by atoms with van der Waals surface area (Å²) in [5.41, 5.74) is 1.10. The van der Waals surface area contributed by atoms with Crippen molar-refractivity contribution in [1.29, 1.82) is 0 Å². The Morgan fingerprint density at radius 3 is 2.73 bits per heavy atom. The Morgan fingerprint density at radius 2 is 2.33 bits per heavy atom. The summed E-state index contributed by atoms with van der Waals surface area (Å²) in [5.74, 6) is -0.0263. The number of methoxy groups -OCH3 is 1. The van der Waals surface area contributed by atoms with E-state index in [-0.39, 0.29) is 11.4 Å². The summed E-state index contributed by atoms with van der Waals surface area (Å²) in [7, 11) is 1.49. The van der Waals surface area contributed by atoms with Crippen molar-refractivity contribution in [3.63, 3.8) is 0 Å². The maximum atomic E-state index is 11.7. The molecule has 1 fully saturated rings. The first-order chi connectivity index (χ1) is 7.18. The van der Waals surface area contributed by atoms with Crippen LogP contribution in [0.5, 0.6) is 0 Å². The summed E-state index contributed by atoms with van der Waals surface area (Å²) in [6.07, 6.45) is 3.98. The van der Waals surface area contributed by atoms with Crippen molar-refractivity contribution >= 4 is 17.3 Å². The van der Waals surface area contributed by atoms with Crippen LogP contribution in [-0.2, 0) is 16.0 Å². The third-order valence-electron chi connectivity index (χ3n) is 3.40. The number of thiophene rings is 1. The quantitative estimate of drug-likeness (QED) is 0.738. The Morgan fingerprint density at radius 1 is 1.60 bits per heavy atom. The van der Waals surface area contributed by atoms with E-state index in [1.54, 1.807) is 11.3 Å². The molecule has 2 nitrogen and oxygen atoms in total. The van der Waals surface area contributed by atoms with Crippen LogP contribution < -0.4 is 0 Å². The molecule has 3 heteroatoms. The van der Waals surface area contributed by atoms with E-state index >= 15 is 0 Å². The van der Waals surface area contributed by atoms with E-state index in [0.29, 0.717) is 0 Å². The highest BCUT2D eigenvalue weighted by molar-refractivity contribution is 7.10. The SMILES string of the molecule is COC(=O)C1(Cc2sccc2C)CCC1. The number of carbonyl (C=O) groups excluding carboxylic acids is 1. The second kappa shape index (κ2) is 3.97. The Hall–Kier alpha value is -0.830. The first-order valence-electron chi connectivity index (χ1n) is 5.29. The minimum Gasteiger partial charge on any atom is -0.469 e. The molecule has 0 amide bonds. The summed E-state index contributed by atoms with van der Waals surface area (Å²) in [6.45, 7) is 2.11. The molecule has 0 spiro atoms. The zero-order chi connectivity index (χ0) is 10.9. The molecule has 0 aliphatic heterocycles. The first kappa shape index (κ1) is 10.7. The molecule has 0 bridgehead atoms. The number of rotatable bonds is 3. The number of hydrogen-bond donors (Lipinski definition) is 0. The van der Waals surface area contributed by atoms with Gasteiger partial charge in [0.15, 0.2) is 0 Å². The van der Waals surface area contributed by atoms with E-state index in [4.69, 9.17) is 4.74 Å². The van der Waals surface area contributed by atoms with Gasteiger partial charge in [0, 0.05) is 4.88 Å². The second-order valence-corrected chi connectivity index (χ2v) is 5.33. The number of esters is 1. The van der Waals surface area contributed by atoms with Gasteiger partial charge in [-0.2, -0.15) is 0 Å². The van der Waals surface area contributed by atoms with Gasteiger partial charge in [-0.15, -0.1) is 11.3 Å². The maximum absolute atomic E-state index is 11.7. The van der Waals surface area contributed by atoms with Gasteiger partial charge in [0.2, 0.25) is 0 Å². The molecule has 1 saturated carbocycles. The molecular weight excluding hydrogens is 208 g/mol. The van der Waals surface area contributed by atoms with Gasteiger partial charge >= 0.3 is 5.97 Å². The van der Waals surface area contributed by atoms with Gasteiger partial charge in [-0.05, 0) is 43.2 Å². The Balaban J connectivity index is 2.15. The molecule has 0 aromatic carbocycles. The summed E-state index contributed by atoms with van der Waals surface area (Å²) in [4.78, 5) is 13.1. The van der Waals surface area contributed by atoms with Gasteiger partial charge in [0.25, 0.3) is 0 Å². The Bertz CT molecular complexity index is 363. The predicted octanol–water partition coefficient (Wildman–Crippen LogP) is 2.94. The number of aryl methyl sites for hydroxylation is 1. The van der Waals surface area contributed by atoms with Crippen LogP contribution in [-0.4, -0.2) is 13.1 Å². The van der Waals surface area contributed by atoms with Crippen LogP contribution in [0.3, 0.4) is 0 Å². The average Bonchev–Trinajstić information content (AvgIpc) is 2.56. The second-order valence-electron chi connectivity index (χ2n) is 4.33. The fourth-order valence-corrected chi connectivity index (χ4v) is 3.22. The molecule has 15 heavy (non-hydrogen) atoms. The highest BCUT2D eigenvalue weighted by Crippen LogP contribution is 2.45. The largest absolute Gasteiger partial charge is 0.469 e. The number of hydrogen-bond acceptors (Lipinski definition) is 3. The normalized spacial score (nSPS) is 18.3. The van der Waals surface area contributed by atoms with Crippen molar-refractivity contribution in [2.24, 2.45) is 5.41 Å². The zero-order valence-corrected chi connectivity index (χ0v) is 10.0. The lowest BCUT2D eigenvalue weighted by molar-refractivity contribution is -0.158. The Kier molecular flexibility index (Phi) is 2.83. The van der Waals surface area contributed by atoms with E-state index in [1.165, 1.54) is 17.6 Å². The van der Waals surface area contributed by atoms with Crippen LogP contribution in [0.2, 0.25) is 0 Å². The van der Waals surface area contributed by atoms with Gasteiger partial charge in [0.1, 0.15) is 0 Å². The Labute approximate surface area is 94.3 Å². The van der Waals surface area contributed by atoms with Crippen LogP contribution in [0.1, 0.15) is 29.7 Å². The minimum atomic E-state index is -0.204. The molecule has 1 aliphatic rings. The highest BCUT2D eigenvalue weighted by atomic mass is 32.1.